The molecule has 2 nitrogen and oxygen atoms in total. The maximum Gasteiger partial charge on any atom is 0.123 e. The normalized spacial score (nSPS) is 24.7. The first-order chi connectivity index (χ1) is 9.82. The zero-order chi connectivity index (χ0) is 15.6. The van der Waals surface area contributed by atoms with Crippen LogP contribution in [0.15, 0.2) is 22.7 Å². The van der Waals surface area contributed by atoms with Crippen LogP contribution in [0.1, 0.15) is 58.1 Å². The van der Waals surface area contributed by atoms with Crippen LogP contribution >= 0.6 is 15.9 Å². The van der Waals surface area contributed by atoms with E-state index in [4.69, 9.17) is 10.5 Å². The van der Waals surface area contributed by atoms with Gasteiger partial charge in [0.15, 0.2) is 0 Å². The van der Waals surface area contributed by atoms with Gasteiger partial charge in [0, 0.05) is 16.1 Å². The quantitative estimate of drug-likeness (QED) is 0.798. The highest BCUT2D eigenvalue weighted by Gasteiger charge is 2.32. The summed E-state index contributed by atoms with van der Waals surface area (Å²) in [5.41, 5.74) is 8.12. The van der Waals surface area contributed by atoms with Crippen LogP contribution in [0.2, 0.25) is 0 Å². The number of hydrogen-bond donors (Lipinski definition) is 1. The van der Waals surface area contributed by atoms with Crippen molar-refractivity contribution < 1.29 is 4.74 Å². The van der Waals surface area contributed by atoms with E-state index in [2.05, 4.69) is 42.8 Å². The van der Waals surface area contributed by atoms with Gasteiger partial charge in [-0.05, 0) is 61.1 Å². The van der Waals surface area contributed by atoms with E-state index in [1.165, 1.54) is 25.7 Å². The van der Waals surface area contributed by atoms with E-state index in [0.717, 1.165) is 21.7 Å². The van der Waals surface area contributed by atoms with E-state index >= 15 is 0 Å². The summed E-state index contributed by atoms with van der Waals surface area (Å²) < 4.78 is 6.55. The van der Waals surface area contributed by atoms with Crippen LogP contribution in [0.4, 0.5) is 0 Å². The summed E-state index contributed by atoms with van der Waals surface area (Å²) in [4.78, 5) is 0. The minimum Gasteiger partial charge on any atom is -0.496 e. The second-order valence-electron chi connectivity index (χ2n) is 7.39. The molecular formula is C18H28BrNO. The highest BCUT2D eigenvalue weighted by atomic mass is 79.9. The van der Waals surface area contributed by atoms with Gasteiger partial charge in [-0.2, -0.15) is 0 Å². The Balaban J connectivity index is 2.08. The molecule has 1 aromatic carbocycles. The average molecular weight is 354 g/mol. The Morgan fingerprint density at radius 2 is 1.81 bits per heavy atom. The van der Waals surface area contributed by atoms with Gasteiger partial charge in [-0.25, -0.2) is 0 Å². The summed E-state index contributed by atoms with van der Waals surface area (Å²) in [6, 6.07) is 6.18. The van der Waals surface area contributed by atoms with Crippen LogP contribution < -0.4 is 10.5 Å². The smallest absolute Gasteiger partial charge is 0.123 e. The Morgan fingerprint density at radius 3 is 2.33 bits per heavy atom. The Hall–Kier alpha value is -0.540. The molecule has 1 aliphatic carbocycles. The molecule has 0 radical (unpaired) electrons. The molecule has 0 aromatic heterocycles. The third-order valence-corrected chi connectivity index (χ3v) is 5.55. The average Bonchev–Trinajstić information content (AvgIpc) is 2.45. The van der Waals surface area contributed by atoms with Gasteiger partial charge >= 0.3 is 0 Å². The van der Waals surface area contributed by atoms with Crippen molar-refractivity contribution in [3.63, 3.8) is 0 Å². The standard InChI is InChI=1S/C18H28BrNO/c1-18(2,3)13-7-5-12(6-8-13)17(20)15-11-14(19)9-10-16(15)21-4/h9-13,17H,5-8,20H2,1-4H3. The fourth-order valence-corrected chi connectivity index (χ4v) is 3.94. The predicted octanol–water partition coefficient (Wildman–Crippen LogP) is 5.31. The molecule has 0 aliphatic heterocycles. The molecule has 1 aromatic rings. The van der Waals surface area contributed by atoms with E-state index in [-0.39, 0.29) is 6.04 Å². The summed E-state index contributed by atoms with van der Waals surface area (Å²) in [5.74, 6) is 2.29. The van der Waals surface area contributed by atoms with Gasteiger partial charge in [0.25, 0.3) is 0 Å². The first-order valence-electron chi connectivity index (χ1n) is 7.92. The zero-order valence-electron chi connectivity index (χ0n) is 13.7. The molecule has 1 saturated carbocycles. The van der Waals surface area contributed by atoms with E-state index in [0.29, 0.717) is 11.3 Å². The molecule has 1 atom stereocenters. The van der Waals surface area contributed by atoms with E-state index in [9.17, 15) is 0 Å². The van der Waals surface area contributed by atoms with Crippen molar-refractivity contribution in [2.75, 3.05) is 7.11 Å². The summed E-state index contributed by atoms with van der Waals surface area (Å²) in [6.45, 7) is 7.07. The second kappa shape index (κ2) is 6.70. The van der Waals surface area contributed by atoms with Gasteiger partial charge < -0.3 is 10.5 Å². The molecule has 1 fully saturated rings. The molecule has 1 aliphatic rings. The second-order valence-corrected chi connectivity index (χ2v) is 8.31. The predicted molar refractivity (Wildman–Crippen MR) is 92.5 cm³/mol. The van der Waals surface area contributed by atoms with Crippen LogP contribution in [-0.2, 0) is 0 Å². The number of halogens is 1. The molecule has 118 valence electrons. The van der Waals surface area contributed by atoms with E-state index in [1.54, 1.807) is 7.11 Å². The molecule has 2 rings (SSSR count). The first-order valence-corrected chi connectivity index (χ1v) is 8.71. The third-order valence-electron chi connectivity index (χ3n) is 5.06. The Labute approximate surface area is 137 Å². The van der Waals surface area contributed by atoms with Crippen molar-refractivity contribution >= 4 is 15.9 Å². The van der Waals surface area contributed by atoms with Crippen LogP contribution in [0.5, 0.6) is 5.75 Å². The lowest BCUT2D eigenvalue weighted by Crippen LogP contribution is -2.30. The molecule has 1 unspecified atom stereocenters. The molecule has 0 spiro atoms. The zero-order valence-corrected chi connectivity index (χ0v) is 15.2. The van der Waals surface area contributed by atoms with Gasteiger partial charge in [-0.1, -0.05) is 36.7 Å². The lowest BCUT2D eigenvalue weighted by molar-refractivity contribution is 0.139. The van der Waals surface area contributed by atoms with Crippen LogP contribution in [0.3, 0.4) is 0 Å². The van der Waals surface area contributed by atoms with E-state index in [1.807, 2.05) is 12.1 Å². The first kappa shape index (κ1) is 16.8. The highest BCUT2D eigenvalue weighted by Crippen LogP contribution is 2.44. The van der Waals surface area contributed by atoms with Crippen LogP contribution in [-0.4, -0.2) is 7.11 Å². The van der Waals surface area contributed by atoms with E-state index < -0.39 is 0 Å². The minimum atomic E-state index is 0.0679. The van der Waals surface area contributed by atoms with Crippen molar-refractivity contribution in [3.8, 4) is 5.75 Å². The maximum absolute atomic E-state index is 6.57. The lowest BCUT2D eigenvalue weighted by atomic mass is 9.68. The molecule has 3 heteroatoms. The molecule has 0 heterocycles. The summed E-state index contributed by atoms with van der Waals surface area (Å²) in [7, 11) is 1.72. The number of ether oxygens (including phenoxy) is 1. The maximum atomic E-state index is 6.57. The Bertz CT molecular complexity index is 473. The number of rotatable bonds is 3. The number of benzene rings is 1. The fourth-order valence-electron chi connectivity index (χ4n) is 3.56. The number of methoxy groups -OCH3 is 1. The SMILES string of the molecule is COc1ccc(Br)cc1C(N)C1CCC(C(C)(C)C)CC1. The Kier molecular flexibility index (Phi) is 5.37. The summed E-state index contributed by atoms with van der Waals surface area (Å²) >= 11 is 3.54. The van der Waals surface area contributed by atoms with Gasteiger partial charge in [-0.15, -0.1) is 0 Å². The molecule has 0 amide bonds. The van der Waals surface area contributed by atoms with Crippen molar-refractivity contribution in [2.24, 2.45) is 23.0 Å². The topological polar surface area (TPSA) is 35.2 Å². The molecule has 0 bridgehead atoms. The molecule has 0 saturated heterocycles. The monoisotopic (exact) mass is 353 g/mol. The van der Waals surface area contributed by atoms with Gasteiger partial charge in [0.1, 0.15) is 5.75 Å². The van der Waals surface area contributed by atoms with Gasteiger partial charge in [0.05, 0.1) is 7.11 Å². The molecule has 2 N–H and O–H groups in total. The van der Waals surface area contributed by atoms with Crippen LogP contribution in [0.25, 0.3) is 0 Å². The van der Waals surface area contributed by atoms with Gasteiger partial charge in [-0.3, -0.25) is 0 Å². The van der Waals surface area contributed by atoms with Gasteiger partial charge in [0.2, 0.25) is 0 Å². The largest absolute Gasteiger partial charge is 0.496 e. The van der Waals surface area contributed by atoms with Crippen molar-refractivity contribution in [1.82, 2.24) is 0 Å². The number of nitrogens with two attached hydrogens (primary N) is 1. The lowest BCUT2D eigenvalue weighted by Gasteiger charge is -2.39. The van der Waals surface area contributed by atoms with Crippen molar-refractivity contribution in [2.45, 2.75) is 52.5 Å². The van der Waals surface area contributed by atoms with Crippen molar-refractivity contribution in [1.29, 1.82) is 0 Å². The van der Waals surface area contributed by atoms with Crippen LogP contribution in [0, 0.1) is 17.3 Å². The molecular weight excluding hydrogens is 326 g/mol. The van der Waals surface area contributed by atoms with Crippen molar-refractivity contribution in [3.05, 3.63) is 28.2 Å². The summed E-state index contributed by atoms with van der Waals surface area (Å²) in [6.07, 6.45) is 5.02. The minimum absolute atomic E-state index is 0.0679. The molecule has 21 heavy (non-hydrogen) atoms. The fraction of sp³-hybridized carbons (Fsp3) is 0.667. The third kappa shape index (κ3) is 4.01. The summed E-state index contributed by atoms with van der Waals surface area (Å²) in [5, 5.41) is 0. The Morgan fingerprint density at radius 1 is 1.19 bits per heavy atom. The number of hydrogen-bond acceptors (Lipinski definition) is 2. The highest BCUT2D eigenvalue weighted by molar-refractivity contribution is 9.10.